The Bertz CT molecular complexity index is 549. The van der Waals surface area contributed by atoms with Crippen molar-refractivity contribution in [3.8, 4) is 0 Å². The third-order valence-corrected chi connectivity index (χ3v) is 4.16. The number of hydrogen-bond donors (Lipinski definition) is 1. The molecule has 1 aliphatic rings. The molecule has 6 nitrogen and oxygen atoms in total. The third-order valence-electron chi connectivity index (χ3n) is 3.67. The van der Waals surface area contributed by atoms with Gasteiger partial charge in [0.05, 0.1) is 10.8 Å². The summed E-state index contributed by atoms with van der Waals surface area (Å²) in [6.07, 6.45) is 1.00. The van der Waals surface area contributed by atoms with E-state index in [0.29, 0.717) is 25.1 Å². The SMILES string of the molecule is CC1CC(C(=O)O)CCN1c1cc(Br)ccc1[N+](=O)[O-]. The Morgan fingerprint density at radius 1 is 1.55 bits per heavy atom. The topological polar surface area (TPSA) is 83.7 Å². The highest BCUT2D eigenvalue weighted by Gasteiger charge is 2.32. The number of carbonyl (C=O) groups is 1. The first-order valence-corrected chi connectivity index (χ1v) is 7.13. The summed E-state index contributed by atoms with van der Waals surface area (Å²) in [5.74, 6) is -1.16. The largest absolute Gasteiger partial charge is 0.481 e. The van der Waals surface area contributed by atoms with Gasteiger partial charge in [0.2, 0.25) is 0 Å². The second kappa shape index (κ2) is 5.78. The number of aliphatic carboxylic acids is 1. The first-order valence-electron chi connectivity index (χ1n) is 6.33. The van der Waals surface area contributed by atoms with Crippen LogP contribution in [-0.4, -0.2) is 28.6 Å². The maximum Gasteiger partial charge on any atom is 0.306 e. The Hall–Kier alpha value is -1.63. The van der Waals surface area contributed by atoms with Crippen molar-refractivity contribution in [2.45, 2.75) is 25.8 Å². The summed E-state index contributed by atoms with van der Waals surface area (Å²) in [6.45, 7) is 2.41. The number of piperidine rings is 1. The molecule has 0 saturated carbocycles. The van der Waals surface area contributed by atoms with Crippen molar-refractivity contribution < 1.29 is 14.8 Å². The molecule has 0 bridgehead atoms. The molecule has 1 aliphatic heterocycles. The lowest BCUT2D eigenvalue weighted by Crippen LogP contribution is -2.43. The van der Waals surface area contributed by atoms with E-state index in [4.69, 9.17) is 5.11 Å². The lowest BCUT2D eigenvalue weighted by Gasteiger charge is -2.37. The summed E-state index contributed by atoms with van der Waals surface area (Å²) in [7, 11) is 0. The number of nitro groups is 1. The number of nitrogens with zero attached hydrogens (tertiary/aromatic N) is 2. The average Bonchev–Trinajstić information content (AvgIpc) is 2.37. The molecule has 0 aromatic heterocycles. The molecule has 1 fully saturated rings. The van der Waals surface area contributed by atoms with Gasteiger partial charge in [0.25, 0.3) is 5.69 Å². The minimum absolute atomic E-state index is 0.0437. The van der Waals surface area contributed by atoms with Crippen molar-refractivity contribution in [1.82, 2.24) is 0 Å². The van der Waals surface area contributed by atoms with E-state index in [0.717, 1.165) is 4.47 Å². The molecule has 1 saturated heterocycles. The van der Waals surface area contributed by atoms with Gasteiger partial charge >= 0.3 is 5.97 Å². The highest BCUT2D eigenvalue weighted by Crippen LogP contribution is 2.36. The van der Waals surface area contributed by atoms with Crippen LogP contribution in [0.4, 0.5) is 11.4 Å². The van der Waals surface area contributed by atoms with E-state index < -0.39 is 10.9 Å². The molecule has 0 amide bonds. The maximum atomic E-state index is 11.1. The van der Waals surface area contributed by atoms with Crippen molar-refractivity contribution in [3.63, 3.8) is 0 Å². The molecule has 1 heterocycles. The second-order valence-corrected chi connectivity index (χ2v) is 5.91. The molecule has 1 N–H and O–H groups in total. The lowest BCUT2D eigenvalue weighted by atomic mass is 9.91. The van der Waals surface area contributed by atoms with E-state index in [9.17, 15) is 14.9 Å². The Morgan fingerprint density at radius 3 is 2.80 bits per heavy atom. The van der Waals surface area contributed by atoms with Crippen molar-refractivity contribution in [1.29, 1.82) is 0 Å². The zero-order valence-electron chi connectivity index (χ0n) is 11.0. The van der Waals surface area contributed by atoms with Gasteiger partial charge in [-0.1, -0.05) is 15.9 Å². The van der Waals surface area contributed by atoms with Crippen LogP contribution in [0, 0.1) is 16.0 Å². The van der Waals surface area contributed by atoms with Crippen LogP contribution in [0.2, 0.25) is 0 Å². The molecule has 0 radical (unpaired) electrons. The van der Waals surface area contributed by atoms with Gasteiger partial charge in [-0.2, -0.15) is 0 Å². The Balaban J connectivity index is 2.30. The van der Waals surface area contributed by atoms with Crippen molar-refractivity contribution in [3.05, 3.63) is 32.8 Å². The predicted molar refractivity (Wildman–Crippen MR) is 78.0 cm³/mol. The molecule has 2 atom stereocenters. The third kappa shape index (κ3) is 2.92. The van der Waals surface area contributed by atoms with Crippen LogP contribution < -0.4 is 4.90 Å². The molecule has 2 rings (SSSR count). The molecule has 1 aromatic rings. The molecular weight excluding hydrogens is 328 g/mol. The van der Waals surface area contributed by atoms with Crippen molar-refractivity contribution in [2.75, 3.05) is 11.4 Å². The highest BCUT2D eigenvalue weighted by molar-refractivity contribution is 9.10. The van der Waals surface area contributed by atoms with Gasteiger partial charge in [0.15, 0.2) is 0 Å². The van der Waals surface area contributed by atoms with Crippen LogP contribution in [-0.2, 0) is 4.79 Å². The molecular formula is C13H15BrN2O4. The summed E-state index contributed by atoms with van der Waals surface area (Å²) < 4.78 is 0.769. The molecule has 108 valence electrons. The van der Waals surface area contributed by atoms with E-state index in [1.54, 1.807) is 12.1 Å². The fraction of sp³-hybridized carbons (Fsp3) is 0.462. The minimum atomic E-state index is -0.791. The van der Waals surface area contributed by atoms with Crippen LogP contribution in [0.25, 0.3) is 0 Å². The summed E-state index contributed by atoms with van der Waals surface area (Å²) in [5.41, 5.74) is 0.592. The Morgan fingerprint density at radius 2 is 2.25 bits per heavy atom. The zero-order valence-corrected chi connectivity index (χ0v) is 12.5. The van der Waals surface area contributed by atoms with Gasteiger partial charge in [0, 0.05) is 23.1 Å². The average molecular weight is 343 g/mol. The Labute approximate surface area is 124 Å². The minimum Gasteiger partial charge on any atom is -0.481 e. The number of carboxylic acids is 1. The highest BCUT2D eigenvalue weighted by atomic mass is 79.9. The van der Waals surface area contributed by atoms with Crippen molar-refractivity contribution >= 4 is 33.3 Å². The number of anilines is 1. The molecule has 2 unspecified atom stereocenters. The van der Waals surface area contributed by atoms with E-state index in [-0.39, 0.29) is 17.6 Å². The van der Waals surface area contributed by atoms with Gasteiger partial charge in [-0.25, -0.2) is 0 Å². The zero-order chi connectivity index (χ0) is 14.9. The molecule has 7 heteroatoms. The van der Waals surface area contributed by atoms with Crippen molar-refractivity contribution in [2.24, 2.45) is 5.92 Å². The molecule has 1 aromatic carbocycles. The maximum absolute atomic E-state index is 11.1. The molecule has 0 aliphatic carbocycles. The quantitative estimate of drug-likeness (QED) is 0.674. The number of benzene rings is 1. The van der Waals surface area contributed by atoms with Crippen LogP contribution >= 0.6 is 15.9 Å². The van der Waals surface area contributed by atoms with Crippen LogP contribution in [0.5, 0.6) is 0 Å². The van der Waals surface area contributed by atoms with Gasteiger partial charge < -0.3 is 10.0 Å². The predicted octanol–water partition coefficient (Wildman–Crippen LogP) is 3.05. The van der Waals surface area contributed by atoms with E-state index in [1.165, 1.54) is 6.07 Å². The summed E-state index contributed by atoms with van der Waals surface area (Å²) >= 11 is 3.32. The standard InChI is InChI=1S/C13H15BrN2O4/c1-8-6-9(13(17)18)4-5-15(8)12-7-10(14)2-3-11(12)16(19)20/h2-3,7-9H,4-6H2,1H3,(H,17,18). The second-order valence-electron chi connectivity index (χ2n) is 4.99. The first-order chi connectivity index (χ1) is 9.40. The number of nitro benzene ring substituents is 1. The van der Waals surface area contributed by atoms with Gasteiger partial charge in [-0.05, 0) is 31.9 Å². The molecule has 0 spiro atoms. The summed E-state index contributed by atoms with van der Waals surface area (Å²) in [5, 5.41) is 20.2. The van der Waals surface area contributed by atoms with Gasteiger partial charge in [-0.15, -0.1) is 0 Å². The number of rotatable bonds is 3. The Kier molecular flexibility index (Phi) is 4.27. The first kappa shape index (κ1) is 14.8. The number of halogens is 1. The fourth-order valence-electron chi connectivity index (χ4n) is 2.64. The van der Waals surface area contributed by atoms with E-state index >= 15 is 0 Å². The monoisotopic (exact) mass is 342 g/mol. The van der Waals surface area contributed by atoms with Gasteiger partial charge in [-0.3, -0.25) is 14.9 Å². The normalized spacial score (nSPS) is 22.6. The van der Waals surface area contributed by atoms with Gasteiger partial charge in [0.1, 0.15) is 5.69 Å². The van der Waals surface area contributed by atoms with Crippen LogP contribution in [0.15, 0.2) is 22.7 Å². The van der Waals surface area contributed by atoms with Crippen LogP contribution in [0.3, 0.4) is 0 Å². The smallest absolute Gasteiger partial charge is 0.306 e. The summed E-state index contributed by atoms with van der Waals surface area (Å²) in [4.78, 5) is 23.7. The molecule has 20 heavy (non-hydrogen) atoms. The summed E-state index contributed by atoms with van der Waals surface area (Å²) in [6, 6.07) is 4.78. The number of carboxylic acid groups (broad SMARTS) is 1. The fourth-order valence-corrected chi connectivity index (χ4v) is 2.98. The number of hydrogen-bond acceptors (Lipinski definition) is 4. The van der Waals surface area contributed by atoms with E-state index in [1.807, 2.05) is 11.8 Å². The van der Waals surface area contributed by atoms with E-state index in [2.05, 4.69) is 15.9 Å². The van der Waals surface area contributed by atoms with Crippen LogP contribution in [0.1, 0.15) is 19.8 Å². The lowest BCUT2D eigenvalue weighted by molar-refractivity contribution is -0.384.